The topological polar surface area (TPSA) is 55.3 Å². The molecule has 3 rings (SSSR count). The summed E-state index contributed by atoms with van der Waals surface area (Å²) in [4.78, 5) is 22.3. The Hall–Kier alpha value is -2.43. The first kappa shape index (κ1) is 15.5. The van der Waals surface area contributed by atoms with Crippen molar-refractivity contribution in [2.75, 3.05) is 13.1 Å². The lowest BCUT2D eigenvalue weighted by Crippen LogP contribution is -2.37. The van der Waals surface area contributed by atoms with Crippen molar-refractivity contribution in [3.8, 4) is 11.6 Å². The van der Waals surface area contributed by atoms with E-state index in [1.165, 1.54) is 0 Å². The molecule has 120 valence electrons. The number of carbonyl (C=O) groups is 1. The molecule has 2 heterocycles. The standard InChI is InChI=1S/C18H21N3O2/c1-13-6-3-4-8-17(13)23-18-11-19-10-16(20-18)15-7-5-9-21(12-15)14(2)22/h3-4,6,8,10-11,15H,5,7,9,12H2,1-2H3/t15-/m0/s1. The maximum atomic E-state index is 11.6. The Morgan fingerprint density at radius 2 is 2.13 bits per heavy atom. The maximum absolute atomic E-state index is 11.6. The third-order valence-electron chi connectivity index (χ3n) is 4.22. The predicted octanol–water partition coefficient (Wildman–Crippen LogP) is 3.30. The fraction of sp³-hybridized carbons (Fsp3) is 0.389. The fourth-order valence-corrected chi connectivity index (χ4v) is 2.90. The molecule has 0 spiro atoms. The number of hydrogen-bond acceptors (Lipinski definition) is 4. The molecule has 1 aromatic carbocycles. The second-order valence-corrected chi connectivity index (χ2v) is 5.95. The summed E-state index contributed by atoms with van der Waals surface area (Å²) in [7, 11) is 0. The molecule has 1 amide bonds. The first-order valence-electron chi connectivity index (χ1n) is 7.94. The lowest BCUT2D eigenvalue weighted by atomic mass is 9.95. The van der Waals surface area contributed by atoms with Crippen LogP contribution in [0, 0.1) is 6.92 Å². The summed E-state index contributed by atoms with van der Waals surface area (Å²) in [5, 5.41) is 0. The molecule has 0 saturated carbocycles. The van der Waals surface area contributed by atoms with E-state index < -0.39 is 0 Å². The highest BCUT2D eigenvalue weighted by atomic mass is 16.5. The molecule has 0 radical (unpaired) electrons. The zero-order valence-corrected chi connectivity index (χ0v) is 13.5. The van der Waals surface area contributed by atoms with Gasteiger partial charge in [-0.15, -0.1) is 0 Å². The van der Waals surface area contributed by atoms with E-state index >= 15 is 0 Å². The van der Waals surface area contributed by atoms with Crippen molar-refractivity contribution < 1.29 is 9.53 Å². The van der Waals surface area contributed by atoms with Crippen LogP contribution in [0.3, 0.4) is 0 Å². The minimum absolute atomic E-state index is 0.120. The maximum Gasteiger partial charge on any atom is 0.238 e. The molecule has 1 aliphatic heterocycles. The van der Waals surface area contributed by atoms with Gasteiger partial charge in [-0.25, -0.2) is 4.98 Å². The SMILES string of the molecule is CC(=O)N1CCC[C@H](c2cncc(Oc3ccccc3C)n2)C1. The molecule has 23 heavy (non-hydrogen) atoms. The molecule has 1 atom stereocenters. The molecule has 1 fully saturated rings. The molecule has 1 saturated heterocycles. The van der Waals surface area contributed by atoms with Crippen LogP contribution in [0.15, 0.2) is 36.7 Å². The normalized spacial score (nSPS) is 17.8. The van der Waals surface area contributed by atoms with Crippen molar-refractivity contribution in [2.24, 2.45) is 0 Å². The number of aromatic nitrogens is 2. The van der Waals surface area contributed by atoms with Crippen molar-refractivity contribution >= 4 is 5.91 Å². The van der Waals surface area contributed by atoms with E-state index in [2.05, 4.69) is 9.97 Å². The molecule has 1 aromatic heterocycles. The minimum atomic E-state index is 0.120. The number of benzene rings is 1. The van der Waals surface area contributed by atoms with Crippen molar-refractivity contribution in [3.05, 3.63) is 47.9 Å². The number of carbonyl (C=O) groups excluding carboxylic acids is 1. The van der Waals surface area contributed by atoms with Gasteiger partial charge in [-0.05, 0) is 31.4 Å². The van der Waals surface area contributed by atoms with Gasteiger partial charge in [-0.1, -0.05) is 18.2 Å². The third kappa shape index (κ3) is 3.67. The van der Waals surface area contributed by atoms with Crippen molar-refractivity contribution in [1.29, 1.82) is 0 Å². The van der Waals surface area contributed by atoms with E-state index in [1.54, 1.807) is 19.3 Å². The van der Waals surface area contributed by atoms with Gasteiger partial charge >= 0.3 is 0 Å². The van der Waals surface area contributed by atoms with Crippen LogP contribution in [0.1, 0.15) is 36.9 Å². The van der Waals surface area contributed by atoms with Crippen LogP contribution in [0.2, 0.25) is 0 Å². The van der Waals surface area contributed by atoms with E-state index in [9.17, 15) is 4.79 Å². The summed E-state index contributed by atoms with van der Waals surface area (Å²) >= 11 is 0. The molecule has 0 bridgehead atoms. The van der Waals surface area contributed by atoms with Gasteiger partial charge in [0, 0.05) is 32.1 Å². The number of hydrogen-bond donors (Lipinski definition) is 0. The highest BCUT2D eigenvalue weighted by molar-refractivity contribution is 5.73. The average molecular weight is 311 g/mol. The van der Waals surface area contributed by atoms with Gasteiger partial charge in [0.05, 0.1) is 11.9 Å². The molecule has 1 aliphatic rings. The molecule has 5 nitrogen and oxygen atoms in total. The fourth-order valence-electron chi connectivity index (χ4n) is 2.90. The quantitative estimate of drug-likeness (QED) is 0.872. The van der Waals surface area contributed by atoms with Gasteiger partial charge in [0.1, 0.15) is 5.75 Å². The van der Waals surface area contributed by atoms with Gasteiger partial charge in [0.2, 0.25) is 11.8 Å². The number of rotatable bonds is 3. The molecule has 0 aliphatic carbocycles. The highest BCUT2D eigenvalue weighted by Gasteiger charge is 2.24. The van der Waals surface area contributed by atoms with Crippen LogP contribution in [-0.4, -0.2) is 33.9 Å². The monoisotopic (exact) mass is 311 g/mol. The largest absolute Gasteiger partial charge is 0.437 e. The summed E-state index contributed by atoms with van der Waals surface area (Å²) in [6.07, 6.45) is 5.42. The summed E-state index contributed by atoms with van der Waals surface area (Å²) in [5.41, 5.74) is 1.95. The zero-order chi connectivity index (χ0) is 16.2. The Morgan fingerprint density at radius 1 is 1.30 bits per heavy atom. The molecule has 5 heteroatoms. The predicted molar refractivity (Wildman–Crippen MR) is 87.5 cm³/mol. The Bertz CT molecular complexity index is 702. The van der Waals surface area contributed by atoms with Crippen molar-refractivity contribution in [3.63, 3.8) is 0 Å². The second-order valence-electron chi connectivity index (χ2n) is 5.95. The lowest BCUT2D eigenvalue weighted by Gasteiger charge is -2.31. The molecular weight excluding hydrogens is 290 g/mol. The smallest absolute Gasteiger partial charge is 0.238 e. The zero-order valence-electron chi connectivity index (χ0n) is 13.5. The number of nitrogens with zero attached hydrogens (tertiary/aromatic N) is 3. The van der Waals surface area contributed by atoms with Gasteiger partial charge in [0.15, 0.2) is 0 Å². The van der Waals surface area contributed by atoms with Crippen LogP contribution in [0.5, 0.6) is 11.6 Å². The number of piperidine rings is 1. The van der Waals surface area contributed by atoms with Gasteiger partial charge in [-0.3, -0.25) is 9.78 Å². The Morgan fingerprint density at radius 3 is 2.91 bits per heavy atom. The summed E-state index contributed by atoms with van der Waals surface area (Å²) in [6.45, 7) is 5.15. The van der Waals surface area contributed by atoms with E-state index in [4.69, 9.17) is 4.74 Å². The van der Waals surface area contributed by atoms with Crippen LogP contribution in [-0.2, 0) is 4.79 Å². The lowest BCUT2D eigenvalue weighted by molar-refractivity contribution is -0.130. The van der Waals surface area contributed by atoms with Crippen molar-refractivity contribution in [1.82, 2.24) is 14.9 Å². The first-order chi connectivity index (χ1) is 11.1. The molecule has 2 aromatic rings. The van der Waals surface area contributed by atoms with E-state index in [0.29, 0.717) is 12.4 Å². The number of aryl methyl sites for hydroxylation is 1. The number of para-hydroxylation sites is 1. The van der Waals surface area contributed by atoms with Crippen LogP contribution in [0.4, 0.5) is 0 Å². The number of ether oxygens (including phenoxy) is 1. The average Bonchev–Trinajstić information content (AvgIpc) is 2.57. The number of likely N-dealkylation sites (tertiary alicyclic amines) is 1. The van der Waals surface area contributed by atoms with Gasteiger partial charge in [0.25, 0.3) is 0 Å². The Balaban J connectivity index is 1.77. The molecule has 0 unspecified atom stereocenters. The number of amides is 1. The minimum Gasteiger partial charge on any atom is -0.437 e. The summed E-state index contributed by atoms with van der Waals surface area (Å²) in [5.74, 6) is 1.63. The van der Waals surface area contributed by atoms with E-state index in [0.717, 1.165) is 36.4 Å². The summed E-state index contributed by atoms with van der Waals surface area (Å²) in [6, 6.07) is 7.83. The highest BCUT2D eigenvalue weighted by Crippen LogP contribution is 2.28. The summed E-state index contributed by atoms with van der Waals surface area (Å²) < 4.78 is 5.86. The molecule has 0 N–H and O–H groups in total. The third-order valence-corrected chi connectivity index (χ3v) is 4.22. The first-order valence-corrected chi connectivity index (χ1v) is 7.94. The van der Waals surface area contributed by atoms with Crippen molar-refractivity contribution in [2.45, 2.75) is 32.6 Å². The van der Waals surface area contributed by atoms with Gasteiger partial charge < -0.3 is 9.64 Å². The van der Waals surface area contributed by atoms with Gasteiger partial charge in [-0.2, -0.15) is 0 Å². The van der Waals surface area contributed by atoms with E-state index in [-0.39, 0.29) is 11.8 Å². The van der Waals surface area contributed by atoms with Crippen LogP contribution >= 0.6 is 0 Å². The second kappa shape index (κ2) is 6.77. The van der Waals surface area contributed by atoms with Crippen LogP contribution in [0.25, 0.3) is 0 Å². The Labute approximate surface area is 136 Å². The van der Waals surface area contributed by atoms with E-state index in [1.807, 2.05) is 36.1 Å². The molecular formula is C18H21N3O2. The van der Waals surface area contributed by atoms with Crippen LogP contribution < -0.4 is 4.74 Å². The Kier molecular flexibility index (Phi) is 4.55.